The van der Waals surface area contributed by atoms with Crippen LogP contribution < -0.4 is 9.47 Å². The zero-order valence-electron chi connectivity index (χ0n) is 8.73. The third-order valence-electron chi connectivity index (χ3n) is 2.03. The number of hydrogen-bond donors (Lipinski definition) is 0. The molecular formula is C10H9IN2O2S. The lowest BCUT2D eigenvalue weighted by molar-refractivity contribution is 0.356. The Hall–Kier alpha value is -0.890. The lowest BCUT2D eigenvalue weighted by Crippen LogP contribution is -1.92. The maximum atomic E-state index is 5.34. The second-order valence-electron chi connectivity index (χ2n) is 2.90. The van der Waals surface area contributed by atoms with Crippen molar-refractivity contribution in [3.63, 3.8) is 0 Å². The molecule has 0 unspecified atom stereocenters. The van der Waals surface area contributed by atoms with E-state index in [0.717, 1.165) is 13.6 Å². The van der Waals surface area contributed by atoms with Crippen LogP contribution in [-0.2, 0) is 0 Å². The van der Waals surface area contributed by atoms with Gasteiger partial charge in [0.25, 0.3) is 0 Å². The molecule has 0 spiro atoms. The molecule has 0 bridgehead atoms. The van der Waals surface area contributed by atoms with E-state index in [9.17, 15) is 0 Å². The summed E-state index contributed by atoms with van der Waals surface area (Å²) >= 11 is 3.66. The summed E-state index contributed by atoms with van der Waals surface area (Å²) < 4.78 is 11.5. The smallest absolute Gasteiger partial charge is 0.178 e. The van der Waals surface area contributed by atoms with Gasteiger partial charge in [0.1, 0.15) is 0 Å². The van der Waals surface area contributed by atoms with Gasteiger partial charge >= 0.3 is 0 Å². The highest BCUT2D eigenvalue weighted by Crippen LogP contribution is 2.38. The van der Waals surface area contributed by atoms with Crippen LogP contribution in [-0.4, -0.2) is 24.4 Å². The first kappa shape index (κ1) is 11.6. The van der Waals surface area contributed by atoms with Gasteiger partial charge < -0.3 is 9.47 Å². The van der Waals surface area contributed by atoms with E-state index < -0.39 is 0 Å². The largest absolute Gasteiger partial charge is 0.493 e. The number of hydrogen-bond acceptors (Lipinski definition) is 5. The number of ether oxygens (including phenoxy) is 2. The molecule has 0 saturated heterocycles. The van der Waals surface area contributed by atoms with Gasteiger partial charge in [-0.15, -0.1) is 10.2 Å². The van der Waals surface area contributed by atoms with Crippen LogP contribution in [0.3, 0.4) is 0 Å². The van der Waals surface area contributed by atoms with Crippen LogP contribution in [0.2, 0.25) is 0 Å². The summed E-state index contributed by atoms with van der Waals surface area (Å²) in [6.45, 7) is 0. The van der Waals surface area contributed by atoms with Crippen molar-refractivity contribution < 1.29 is 9.47 Å². The molecule has 0 amide bonds. The van der Waals surface area contributed by atoms with Crippen molar-refractivity contribution in [3.05, 3.63) is 21.2 Å². The molecule has 2 rings (SSSR count). The number of para-hydroxylation sites is 1. The van der Waals surface area contributed by atoms with Crippen LogP contribution in [0.25, 0.3) is 10.6 Å². The van der Waals surface area contributed by atoms with Crippen molar-refractivity contribution >= 4 is 33.9 Å². The SMILES string of the molecule is COc1cccc(-c2nnc(I)s2)c1OC. The molecule has 1 heterocycles. The van der Waals surface area contributed by atoms with E-state index in [0.29, 0.717) is 11.5 Å². The van der Waals surface area contributed by atoms with E-state index in [-0.39, 0.29) is 0 Å². The second-order valence-corrected chi connectivity index (χ2v) is 5.63. The fraction of sp³-hybridized carbons (Fsp3) is 0.200. The monoisotopic (exact) mass is 348 g/mol. The quantitative estimate of drug-likeness (QED) is 0.801. The molecule has 0 saturated carbocycles. The maximum Gasteiger partial charge on any atom is 0.178 e. The van der Waals surface area contributed by atoms with Gasteiger partial charge in [-0.3, -0.25) is 0 Å². The van der Waals surface area contributed by atoms with Crippen LogP contribution in [0, 0.1) is 3.01 Å². The Balaban J connectivity index is 2.56. The van der Waals surface area contributed by atoms with Crippen molar-refractivity contribution in [1.82, 2.24) is 10.2 Å². The number of aromatic nitrogens is 2. The van der Waals surface area contributed by atoms with Crippen LogP contribution in [0.1, 0.15) is 0 Å². The average Bonchev–Trinajstić information content (AvgIpc) is 2.74. The zero-order valence-corrected chi connectivity index (χ0v) is 11.7. The molecule has 0 radical (unpaired) electrons. The van der Waals surface area contributed by atoms with Crippen molar-refractivity contribution in [1.29, 1.82) is 0 Å². The number of halogens is 1. The summed E-state index contributed by atoms with van der Waals surface area (Å²) in [7, 11) is 3.23. The van der Waals surface area contributed by atoms with Crippen molar-refractivity contribution in [3.8, 4) is 22.1 Å². The molecule has 4 nitrogen and oxygen atoms in total. The minimum Gasteiger partial charge on any atom is -0.493 e. The van der Waals surface area contributed by atoms with E-state index in [4.69, 9.17) is 9.47 Å². The summed E-state index contributed by atoms with van der Waals surface area (Å²) in [5.74, 6) is 1.39. The summed E-state index contributed by atoms with van der Waals surface area (Å²) in [5.41, 5.74) is 0.905. The van der Waals surface area contributed by atoms with Crippen molar-refractivity contribution in [2.75, 3.05) is 14.2 Å². The molecule has 1 aromatic carbocycles. The highest BCUT2D eigenvalue weighted by Gasteiger charge is 2.14. The third-order valence-corrected chi connectivity index (χ3v) is 3.66. The van der Waals surface area contributed by atoms with Crippen LogP contribution >= 0.6 is 33.9 Å². The normalized spacial score (nSPS) is 10.2. The minimum atomic E-state index is 0.692. The van der Waals surface area contributed by atoms with Crippen LogP contribution in [0.15, 0.2) is 18.2 Å². The standard InChI is InChI=1S/C10H9IN2O2S/c1-14-7-5-3-4-6(8(7)15-2)9-12-13-10(11)16-9/h3-5H,1-2H3. The molecule has 2 aromatic rings. The zero-order chi connectivity index (χ0) is 11.5. The number of nitrogens with zero attached hydrogens (tertiary/aromatic N) is 2. The first-order valence-corrected chi connectivity index (χ1v) is 6.36. The molecule has 0 atom stereocenters. The molecule has 0 N–H and O–H groups in total. The molecular weight excluding hydrogens is 339 g/mol. The summed E-state index contributed by atoms with van der Waals surface area (Å²) in [4.78, 5) is 0. The molecule has 16 heavy (non-hydrogen) atoms. The Morgan fingerprint density at radius 1 is 1.19 bits per heavy atom. The molecule has 1 aromatic heterocycles. The van der Waals surface area contributed by atoms with Crippen LogP contribution in [0.4, 0.5) is 0 Å². The van der Waals surface area contributed by atoms with Crippen molar-refractivity contribution in [2.45, 2.75) is 0 Å². The predicted molar refractivity (Wildman–Crippen MR) is 71.2 cm³/mol. The van der Waals surface area contributed by atoms with Crippen LogP contribution in [0.5, 0.6) is 11.5 Å². The summed E-state index contributed by atoms with van der Waals surface area (Å²) in [5, 5.41) is 8.91. The Bertz CT molecular complexity index is 501. The first-order valence-electron chi connectivity index (χ1n) is 4.46. The van der Waals surface area contributed by atoms with E-state index in [2.05, 4.69) is 32.8 Å². The predicted octanol–water partition coefficient (Wildman–Crippen LogP) is 2.83. The summed E-state index contributed by atoms with van der Waals surface area (Å²) in [6.07, 6.45) is 0. The fourth-order valence-corrected chi connectivity index (χ4v) is 2.70. The van der Waals surface area contributed by atoms with E-state index in [1.807, 2.05) is 18.2 Å². The third kappa shape index (κ3) is 2.12. The van der Waals surface area contributed by atoms with Gasteiger partial charge in [0.2, 0.25) is 0 Å². The fourth-order valence-electron chi connectivity index (χ4n) is 1.37. The van der Waals surface area contributed by atoms with Gasteiger partial charge in [0, 0.05) is 0 Å². The van der Waals surface area contributed by atoms with E-state index >= 15 is 0 Å². The Kier molecular flexibility index (Phi) is 3.59. The molecule has 6 heteroatoms. The summed E-state index contributed by atoms with van der Waals surface area (Å²) in [6, 6.07) is 5.71. The highest BCUT2D eigenvalue weighted by molar-refractivity contribution is 14.1. The van der Waals surface area contributed by atoms with Gasteiger partial charge in [-0.25, -0.2) is 0 Å². The molecule has 0 aliphatic rings. The lowest BCUT2D eigenvalue weighted by Gasteiger charge is -2.10. The second kappa shape index (κ2) is 4.96. The molecule has 0 fully saturated rings. The average molecular weight is 348 g/mol. The Morgan fingerprint density at radius 3 is 2.56 bits per heavy atom. The van der Waals surface area contributed by atoms with Gasteiger partial charge in [-0.1, -0.05) is 17.4 Å². The van der Waals surface area contributed by atoms with E-state index in [1.54, 1.807) is 14.2 Å². The number of rotatable bonds is 3. The van der Waals surface area contributed by atoms with Crippen molar-refractivity contribution in [2.24, 2.45) is 0 Å². The Morgan fingerprint density at radius 2 is 2.00 bits per heavy atom. The van der Waals surface area contributed by atoms with Gasteiger partial charge in [-0.05, 0) is 34.7 Å². The lowest BCUT2D eigenvalue weighted by atomic mass is 10.2. The van der Waals surface area contributed by atoms with Gasteiger partial charge in [0.15, 0.2) is 19.5 Å². The van der Waals surface area contributed by atoms with Gasteiger partial charge in [0.05, 0.1) is 19.8 Å². The maximum absolute atomic E-state index is 5.34. The molecule has 0 aliphatic heterocycles. The molecule has 84 valence electrons. The Labute approximate surface area is 111 Å². The van der Waals surface area contributed by atoms with Gasteiger partial charge in [-0.2, -0.15) is 0 Å². The first-order chi connectivity index (χ1) is 7.76. The molecule has 0 aliphatic carbocycles. The minimum absolute atomic E-state index is 0.692. The number of methoxy groups -OCH3 is 2. The number of benzene rings is 1. The topological polar surface area (TPSA) is 44.2 Å². The van der Waals surface area contributed by atoms with E-state index in [1.165, 1.54) is 11.3 Å². The highest BCUT2D eigenvalue weighted by atomic mass is 127.